The summed E-state index contributed by atoms with van der Waals surface area (Å²) < 4.78 is 8.80. The molecule has 1 fully saturated rings. The van der Waals surface area contributed by atoms with Crippen LogP contribution in [0.25, 0.3) is 0 Å². The maximum absolute atomic E-state index is 11.3. The fraction of sp³-hybridized carbons (Fsp3) is 0.714. The highest BCUT2D eigenvalue weighted by atomic mass is 127. The number of hydrogen-bond acceptors (Lipinski definition) is 3. The molecule has 0 saturated carbocycles. The van der Waals surface area contributed by atoms with Gasteiger partial charge in [0, 0.05) is 21.2 Å². The highest BCUT2D eigenvalue weighted by Gasteiger charge is 2.33. The molecule has 124 valence electrons. The first kappa shape index (κ1) is 17.7. The number of halogens is 1. The van der Waals surface area contributed by atoms with E-state index in [-0.39, 0.29) is 6.04 Å². The molecule has 0 bridgehead atoms. The van der Waals surface area contributed by atoms with Gasteiger partial charge in [-0.15, -0.1) is 0 Å². The van der Waals surface area contributed by atoms with Crippen molar-refractivity contribution in [3.63, 3.8) is 0 Å². The Morgan fingerprint density at radius 1 is 1.55 bits per heavy atom. The van der Waals surface area contributed by atoms with Gasteiger partial charge in [-0.1, -0.05) is 19.6 Å². The SMILES string of the molecule is C[Si](C)(C)CCOCn1c(I)cnc1C1CCCN1C(=O)O. The molecule has 8 heteroatoms. The number of amides is 1. The third-order valence-electron chi connectivity index (χ3n) is 3.85. The van der Waals surface area contributed by atoms with E-state index < -0.39 is 14.2 Å². The summed E-state index contributed by atoms with van der Waals surface area (Å²) in [5.41, 5.74) is 0. The first-order valence-corrected chi connectivity index (χ1v) is 12.4. The fourth-order valence-corrected chi connectivity index (χ4v) is 3.84. The minimum absolute atomic E-state index is 0.151. The molecule has 2 rings (SSSR count). The minimum atomic E-state index is -1.10. The molecule has 6 nitrogen and oxygen atoms in total. The lowest BCUT2D eigenvalue weighted by Gasteiger charge is -2.22. The van der Waals surface area contributed by atoms with E-state index in [1.807, 2.05) is 4.57 Å². The lowest BCUT2D eigenvalue weighted by atomic mass is 10.2. The number of rotatable bonds is 6. The third-order valence-corrected chi connectivity index (χ3v) is 6.42. The van der Waals surface area contributed by atoms with Crippen LogP contribution in [0, 0.1) is 3.70 Å². The van der Waals surface area contributed by atoms with Gasteiger partial charge in [0.2, 0.25) is 0 Å². The van der Waals surface area contributed by atoms with Gasteiger partial charge < -0.3 is 9.84 Å². The van der Waals surface area contributed by atoms with E-state index in [1.54, 1.807) is 6.20 Å². The number of nitrogens with zero attached hydrogens (tertiary/aromatic N) is 3. The van der Waals surface area contributed by atoms with Crippen LogP contribution < -0.4 is 0 Å². The Hall–Kier alpha value is -0.613. The average Bonchev–Trinajstić information content (AvgIpc) is 3.00. The summed E-state index contributed by atoms with van der Waals surface area (Å²) in [6.45, 7) is 8.75. The second-order valence-corrected chi connectivity index (χ2v) is 13.6. The Balaban J connectivity index is 2.03. The highest BCUT2D eigenvalue weighted by molar-refractivity contribution is 14.1. The molecule has 1 saturated heterocycles. The molecule has 1 N–H and O–H groups in total. The van der Waals surface area contributed by atoms with Crippen LogP contribution in [0.1, 0.15) is 24.7 Å². The van der Waals surface area contributed by atoms with E-state index >= 15 is 0 Å². The fourth-order valence-electron chi connectivity index (χ4n) is 2.56. The van der Waals surface area contributed by atoms with E-state index in [4.69, 9.17) is 4.74 Å². The van der Waals surface area contributed by atoms with Gasteiger partial charge in [0.1, 0.15) is 16.3 Å². The van der Waals surface area contributed by atoms with Crippen LogP contribution in [-0.2, 0) is 11.5 Å². The number of ether oxygens (including phenoxy) is 1. The zero-order valence-corrected chi connectivity index (χ0v) is 16.5. The van der Waals surface area contributed by atoms with E-state index in [0.29, 0.717) is 13.3 Å². The van der Waals surface area contributed by atoms with E-state index in [9.17, 15) is 9.90 Å². The van der Waals surface area contributed by atoms with Gasteiger partial charge in [-0.3, -0.25) is 9.47 Å². The molecule has 1 aliphatic rings. The van der Waals surface area contributed by atoms with Crippen molar-refractivity contribution in [1.82, 2.24) is 14.5 Å². The van der Waals surface area contributed by atoms with Crippen molar-refractivity contribution in [2.45, 2.75) is 51.3 Å². The van der Waals surface area contributed by atoms with Crippen molar-refractivity contribution >= 4 is 36.8 Å². The third kappa shape index (κ3) is 4.45. The van der Waals surface area contributed by atoms with Crippen LogP contribution >= 0.6 is 22.6 Å². The summed E-state index contributed by atoms with van der Waals surface area (Å²) in [7, 11) is -1.10. The van der Waals surface area contributed by atoms with Gasteiger partial charge in [0.15, 0.2) is 0 Å². The van der Waals surface area contributed by atoms with Crippen LogP contribution in [0.4, 0.5) is 4.79 Å². The zero-order chi connectivity index (χ0) is 16.3. The summed E-state index contributed by atoms with van der Waals surface area (Å²) in [6, 6.07) is 0.972. The molecule has 1 unspecified atom stereocenters. The summed E-state index contributed by atoms with van der Waals surface area (Å²) in [4.78, 5) is 17.3. The molecule has 1 aromatic heterocycles. The predicted octanol–water partition coefficient (Wildman–Crippen LogP) is 3.61. The van der Waals surface area contributed by atoms with Crippen molar-refractivity contribution in [3.05, 3.63) is 15.7 Å². The topological polar surface area (TPSA) is 67.6 Å². The average molecular weight is 437 g/mol. The standard InChI is InChI=1S/C14H24IN3O3Si/c1-22(2,3)8-7-21-10-18-12(15)9-16-13(18)11-5-4-6-17(11)14(19)20/h9,11H,4-8,10H2,1-3H3,(H,19,20). The second-order valence-electron chi connectivity index (χ2n) is 6.85. The molecule has 1 amide bonds. The van der Waals surface area contributed by atoms with Crippen LogP contribution in [-0.4, -0.2) is 46.9 Å². The zero-order valence-electron chi connectivity index (χ0n) is 13.4. The minimum Gasteiger partial charge on any atom is -0.465 e. The number of carbonyl (C=O) groups is 1. The van der Waals surface area contributed by atoms with Gasteiger partial charge in [0.25, 0.3) is 0 Å². The number of likely N-dealkylation sites (tertiary alicyclic amines) is 1. The summed E-state index contributed by atoms with van der Waals surface area (Å²) in [5.74, 6) is 0.803. The number of carboxylic acid groups (broad SMARTS) is 1. The maximum Gasteiger partial charge on any atom is 0.407 e. The Bertz CT molecular complexity index is 530. The summed E-state index contributed by atoms with van der Waals surface area (Å²) >= 11 is 2.22. The quantitative estimate of drug-likeness (QED) is 0.420. The first-order valence-electron chi connectivity index (χ1n) is 7.58. The van der Waals surface area contributed by atoms with Gasteiger partial charge in [-0.05, 0) is 41.5 Å². The number of aromatic nitrogens is 2. The van der Waals surface area contributed by atoms with Crippen molar-refractivity contribution in [2.24, 2.45) is 0 Å². The first-order chi connectivity index (χ1) is 10.3. The van der Waals surface area contributed by atoms with Crippen molar-refractivity contribution in [3.8, 4) is 0 Å². The molecule has 1 atom stereocenters. The number of imidazole rings is 1. The lowest BCUT2D eigenvalue weighted by Crippen LogP contribution is -2.31. The van der Waals surface area contributed by atoms with Crippen LogP contribution in [0.3, 0.4) is 0 Å². The molecule has 0 spiro atoms. The smallest absolute Gasteiger partial charge is 0.407 e. The van der Waals surface area contributed by atoms with E-state index in [1.165, 1.54) is 4.90 Å². The largest absolute Gasteiger partial charge is 0.465 e. The van der Waals surface area contributed by atoms with Crippen LogP contribution in [0.15, 0.2) is 6.20 Å². The van der Waals surface area contributed by atoms with Gasteiger partial charge >= 0.3 is 6.09 Å². The Labute approximate surface area is 146 Å². The molecular formula is C14H24IN3O3Si. The molecule has 0 radical (unpaired) electrons. The Morgan fingerprint density at radius 3 is 2.91 bits per heavy atom. The summed E-state index contributed by atoms with van der Waals surface area (Å²) in [6.07, 6.45) is 2.63. The molecule has 1 aliphatic heterocycles. The predicted molar refractivity (Wildman–Crippen MR) is 95.8 cm³/mol. The van der Waals surface area contributed by atoms with E-state index in [2.05, 4.69) is 47.2 Å². The van der Waals surface area contributed by atoms with E-state index in [0.717, 1.165) is 35.0 Å². The van der Waals surface area contributed by atoms with Gasteiger partial charge in [-0.2, -0.15) is 0 Å². The van der Waals surface area contributed by atoms with Gasteiger partial charge in [0.05, 0.1) is 12.2 Å². The second kappa shape index (κ2) is 7.31. The Morgan fingerprint density at radius 2 is 2.27 bits per heavy atom. The lowest BCUT2D eigenvalue weighted by molar-refractivity contribution is 0.0789. The van der Waals surface area contributed by atoms with Crippen molar-refractivity contribution < 1.29 is 14.6 Å². The molecule has 1 aromatic rings. The monoisotopic (exact) mass is 437 g/mol. The Kier molecular flexibility index (Phi) is 5.89. The summed E-state index contributed by atoms with van der Waals surface area (Å²) in [5, 5.41) is 9.31. The maximum atomic E-state index is 11.3. The number of hydrogen-bond donors (Lipinski definition) is 1. The van der Waals surface area contributed by atoms with Gasteiger partial charge in [-0.25, -0.2) is 9.78 Å². The highest BCUT2D eigenvalue weighted by Crippen LogP contribution is 2.32. The normalized spacial score (nSPS) is 18.9. The molecule has 0 aliphatic carbocycles. The molecule has 2 heterocycles. The molecular weight excluding hydrogens is 413 g/mol. The molecule has 22 heavy (non-hydrogen) atoms. The van der Waals surface area contributed by atoms with Crippen molar-refractivity contribution in [2.75, 3.05) is 13.2 Å². The van der Waals surface area contributed by atoms with Crippen LogP contribution in [0.2, 0.25) is 25.7 Å². The molecule has 0 aromatic carbocycles. The van der Waals surface area contributed by atoms with Crippen LogP contribution in [0.5, 0.6) is 0 Å². The van der Waals surface area contributed by atoms with Crippen molar-refractivity contribution in [1.29, 1.82) is 0 Å².